The van der Waals surface area contributed by atoms with Crippen LogP contribution in [0.3, 0.4) is 0 Å². The van der Waals surface area contributed by atoms with E-state index >= 15 is 0 Å². The van der Waals surface area contributed by atoms with Crippen LogP contribution >= 0.6 is 0 Å². The summed E-state index contributed by atoms with van der Waals surface area (Å²) in [6.07, 6.45) is -0.904. The second-order valence-electron chi connectivity index (χ2n) is 6.36. The van der Waals surface area contributed by atoms with Crippen molar-refractivity contribution in [3.8, 4) is 11.3 Å². The van der Waals surface area contributed by atoms with Gasteiger partial charge in [0, 0.05) is 32.5 Å². The van der Waals surface area contributed by atoms with E-state index in [-0.39, 0.29) is 24.4 Å². The fraction of sp³-hybridized carbons (Fsp3) is 0.471. The Bertz CT molecular complexity index is 1000. The Morgan fingerprint density at radius 2 is 2.07 bits per heavy atom. The van der Waals surface area contributed by atoms with E-state index in [1.54, 1.807) is 13.0 Å². The van der Waals surface area contributed by atoms with E-state index in [2.05, 4.69) is 10.1 Å². The molecular formula is C17H19N3O8. The van der Waals surface area contributed by atoms with E-state index in [1.807, 2.05) is 0 Å². The van der Waals surface area contributed by atoms with E-state index < -0.39 is 41.6 Å². The molecule has 3 heterocycles. The van der Waals surface area contributed by atoms with Crippen molar-refractivity contribution in [1.82, 2.24) is 14.7 Å². The van der Waals surface area contributed by atoms with Gasteiger partial charge in [-0.05, 0) is 6.92 Å². The van der Waals surface area contributed by atoms with E-state index in [1.165, 1.54) is 24.6 Å². The van der Waals surface area contributed by atoms with Crippen molar-refractivity contribution in [2.75, 3.05) is 6.61 Å². The van der Waals surface area contributed by atoms with Crippen LogP contribution < -0.4 is 11.2 Å². The summed E-state index contributed by atoms with van der Waals surface area (Å²) < 4.78 is 22.2. The van der Waals surface area contributed by atoms with Crippen molar-refractivity contribution in [1.29, 1.82) is 0 Å². The minimum absolute atomic E-state index is 0.0938. The third kappa shape index (κ3) is 4.19. The Morgan fingerprint density at radius 3 is 2.68 bits per heavy atom. The molecule has 0 bridgehead atoms. The third-order valence-electron chi connectivity index (χ3n) is 4.12. The van der Waals surface area contributed by atoms with Crippen molar-refractivity contribution in [3.63, 3.8) is 0 Å². The fourth-order valence-corrected chi connectivity index (χ4v) is 2.92. The van der Waals surface area contributed by atoms with Crippen molar-refractivity contribution < 1.29 is 28.3 Å². The summed E-state index contributed by atoms with van der Waals surface area (Å²) in [7, 11) is 0. The van der Waals surface area contributed by atoms with Crippen molar-refractivity contribution in [3.05, 3.63) is 38.8 Å². The standard InChI is InChI=1S/C17H19N3O8/c1-8-4-12(28-19-8)11-6-20(17(24)18-16(11)23)15-5-13(26-10(3)22)14(27-15)7-25-9(2)21/h4,6,13-15H,5,7H2,1-3H3,(H,18,23,24)/t13-,14+,15+/m0/s1. The predicted octanol–water partition coefficient (Wildman–Crippen LogP) is 0.282. The first-order valence-corrected chi connectivity index (χ1v) is 8.49. The number of aryl methyl sites for hydroxylation is 1. The highest BCUT2D eigenvalue weighted by atomic mass is 16.6. The molecule has 0 saturated carbocycles. The molecule has 1 fully saturated rings. The van der Waals surface area contributed by atoms with Gasteiger partial charge < -0.3 is 18.7 Å². The Balaban J connectivity index is 1.91. The third-order valence-corrected chi connectivity index (χ3v) is 4.12. The number of aromatic amines is 1. The maximum absolute atomic E-state index is 12.3. The van der Waals surface area contributed by atoms with Crippen LogP contribution in [0.25, 0.3) is 11.3 Å². The number of carbonyl (C=O) groups is 2. The largest absolute Gasteiger partial charge is 0.463 e. The van der Waals surface area contributed by atoms with Crippen LogP contribution in [0, 0.1) is 6.92 Å². The van der Waals surface area contributed by atoms with Crippen LogP contribution in [0.4, 0.5) is 0 Å². The molecule has 150 valence electrons. The molecule has 0 amide bonds. The Hall–Kier alpha value is -3.21. The highest BCUT2D eigenvalue weighted by Crippen LogP contribution is 2.31. The molecule has 11 nitrogen and oxygen atoms in total. The summed E-state index contributed by atoms with van der Waals surface area (Å²) in [4.78, 5) is 49.1. The second kappa shape index (κ2) is 7.80. The molecule has 2 aromatic heterocycles. The lowest BCUT2D eigenvalue weighted by molar-refractivity contribution is -0.155. The second-order valence-corrected chi connectivity index (χ2v) is 6.36. The van der Waals surface area contributed by atoms with Gasteiger partial charge >= 0.3 is 17.6 Å². The number of hydrogen-bond acceptors (Lipinski definition) is 9. The topological polar surface area (TPSA) is 143 Å². The number of nitrogens with one attached hydrogen (secondary N) is 1. The maximum Gasteiger partial charge on any atom is 0.330 e. The molecule has 0 unspecified atom stereocenters. The number of hydrogen-bond donors (Lipinski definition) is 1. The molecule has 1 saturated heterocycles. The highest BCUT2D eigenvalue weighted by molar-refractivity contribution is 5.66. The van der Waals surface area contributed by atoms with Gasteiger partial charge in [-0.3, -0.25) is 23.9 Å². The van der Waals surface area contributed by atoms with Crippen LogP contribution in [0.5, 0.6) is 0 Å². The van der Waals surface area contributed by atoms with Gasteiger partial charge in [0.2, 0.25) is 0 Å². The quantitative estimate of drug-likeness (QED) is 0.709. The Kier molecular flexibility index (Phi) is 5.45. The molecule has 0 aromatic carbocycles. The monoisotopic (exact) mass is 393 g/mol. The first-order valence-electron chi connectivity index (χ1n) is 8.49. The number of rotatable bonds is 5. The number of nitrogens with zero attached hydrogens (tertiary/aromatic N) is 2. The predicted molar refractivity (Wildman–Crippen MR) is 92.3 cm³/mol. The van der Waals surface area contributed by atoms with Gasteiger partial charge in [0.1, 0.15) is 30.6 Å². The number of aromatic nitrogens is 3. The van der Waals surface area contributed by atoms with E-state index in [0.717, 1.165) is 0 Å². The summed E-state index contributed by atoms with van der Waals surface area (Å²) in [5.41, 5.74) is -0.676. The Morgan fingerprint density at radius 1 is 1.32 bits per heavy atom. The summed E-state index contributed by atoms with van der Waals surface area (Å²) in [6.45, 7) is 4.04. The summed E-state index contributed by atoms with van der Waals surface area (Å²) in [6, 6.07) is 1.56. The molecule has 0 spiro atoms. The zero-order chi connectivity index (χ0) is 20.4. The van der Waals surface area contributed by atoms with Gasteiger partial charge in [-0.25, -0.2) is 4.79 Å². The normalized spacial score (nSPS) is 21.5. The molecule has 0 radical (unpaired) electrons. The number of carbonyl (C=O) groups excluding carboxylic acids is 2. The number of esters is 2. The molecule has 2 aromatic rings. The smallest absolute Gasteiger partial charge is 0.330 e. The lowest BCUT2D eigenvalue weighted by atomic mass is 10.2. The van der Waals surface area contributed by atoms with Gasteiger partial charge in [0.25, 0.3) is 5.56 Å². The first kappa shape index (κ1) is 19.5. The molecular weight excluding hydrogens is 374 g/mol. The maximum atomic E-state index is 12.3. The molecule has 1 aliphatic rings. The molecule has 3 atom stereocenters. The zero-order valence-corrected chi connectivity index (χ0v) is 15.5. The van der Waals surface area contributed by atoms with Crippen LogP contribution in [0.1, 0.15) is 32.2 Å². The molecule has 1 N–H and O–H groups in total. The van der Waals surface area contributed by atoms with Gasteiger partial charge in [-0.1, -0.05) is 5.16 Å². The lowest BCUT2D eigenvalue weighted by Gasteiger charge is -2.17. The average Bonchev–Trinajstić information content (AvgIpc) is 3.19. The van der Waals surface area contributed by atoms with Crippen molar-refractivity contribution >= 4 is 11.9 Å². The fourth-order valence-electron chi connectivity index (χ4n) is 2.92. The summed E-state index contributed by atoms with van der Waals surface area (Å²) in [5.74, 6) is -0.856. The highest BCUT2D eigenvalue weighted by Gasteiger charge is 2.39. The average molecular weight is 393 g/mol. The van der Waals surface area contributed by atoms with E-state index in [4.69, 9.17) is 18.7 Å². The molecule has 1 aliphatic heterocycles. The molecule has 28 heavy (non-hydrogen) atoms. The molecule has 3 rings (SSSR count). The minimum Gasteiger partial charge on any atom is -0.463 e. The molecule has 0 aliphatic carbocycles. The van der Waals surface area contributed by atoms with Gasteiger partial charge in [0.15, 0.2) is 5.76 Å². The zero-order valence-electron chi connectivity index (χ0n) is 15.5. The van der Waals surface area contributed by atoms with Gasteiger partial charge in [-0.2, -0.15) is 0 Å². The van der Waals surface area contributed by atoms with Gasteiger partial charge in [0.05, 0.1) is 5.69 Å². The van der Waals surface area contributed by atoms with E-state index in [9.17, 15) is 19.2 Å². The molecule has 11 heteroatoms. The van der Waals surface area contributed by atoms with Crippen LogP contribution in [-0.4, -0.2) is 45.5 Å². The van der Waals surface area contributed by atoms with Crippen LogP contribution in [0.2, 0.25) is 0 Å². The number of H-pyrrole nitrogens is 1. The van der Waals surface area contributed by atoms with Crippen LogP contribution in [-0.2, 0) is 23.8 Å². The van der Waals surface area contributed by atoms with E-state index in [0.29, 0.717) is 5.69 Å². The lowest BCUT2D eigenvalue weighted by Crippen LogP contribution is -2.33. The SMILES string of the molecule is CC(=O)OC[C@H]1O[C@@H](n2cc(-c3cc(C)no3)c(=O)[nH]c2=O)C[C@@H]1OC(C)=O. The van der Waals surface area contributed by atoms with Gasteiger partial charge in [-0.15, -0.1) is 0 Å². The Labute approximate surface area is 158 Å². The first-order chi connectivity index (χ1) is 13.2. The summed E-state index contributed by atoms with van der Waals surface area (Å²) in [5, 5.41) is 3.73. The van der Waals surface area contributed by atoms with Crippen LogP contribution in [0.15, 0.2) is 26.4 Å². The minimum atomic E-state index is -0.850. The summed E-state index contributed by atoms with van der Waals surface area (Å²) >= 11 is 0. The van der Waals surface area contributed by atoms with Crippen molar-refractivity contribution in [2.45, 2.75) is 45.6 Å². The number of ether oxygens (including phenoxy) is 3. The van der Waals surface area contributed by atoms with Crippen molar-refractivity contribution in [2.24, 2.45) is 0 Å².